The number of carbonyl (C=O) groups is 1. The zero-order valence-electron chi connectivity index (χ0n) is 23.2. The van der Waals surface area contributed by atoms with Gasteiger partial charge in [-0.25, -0.2) is 0 Å². The van der Waals surface area contributed by atoms with E-state index in [4.69, 9.17) is 0 Å². The molecule has 3 unspecified atom stereocenters. The molecule has 0 fully saturated rings. The van der Waals surface area contributed by atoms with E-state index in [1.54, 1.807) is 0 Å². The number of aliphatic hydroxyl groups is 3. The van der Waals surface area contributed by atoms with Gasteiger partial charge in [0.25, 0.3) is 0 Å². The summed E-state index contributed by atoms with van der Waals surface area (Å²) >= 11 is 0. The molecule has 0 rings (SSSR count). The lowest BCUT2D eigenvalue weighted by atomic mass is 10.0. The van der Waals surface area contributed by atoms with Crippen LogP contribution in [0.25, 0.3) is 0 Å². The Hall–Kier alpha value is -0.910. The summed E-state index contributed by atoms with van der Waals surface area (Å²) in [4.78, 5) is 12.3. The molecule has 0 aromatic carbocycles. The van der Waals surface area contributed by atoms with Crippen molar-refractivity contribution in [3.63, 3.8) is 0 Å². The molecular formula is C30H59NO4. The number of hydrogen-bond acceptors (Lipinski definition) is 4. The van der Waals surface area contributed by atoms with E-state index in [1.807, 2.05) is 0 Å². The second-order valence-electron chi connectivity index (χ2n) is 10.3. The fourth-order valence-corrected chi connectivity index (χ4v) is 4.42. The molecule has 0 saturated carbocycles. The molecule has 1 amide bonds. The van der Waals surface area contributed by atoms with Gasteiger partial charge in [-0.3, -0.25) is 4.79 Å². The van der Waals surface area contributed by atoms with Gasteiger partial charge in [-0.2, -0.15) is 0 Å². The molecule has 0 radical (unpaired) electrons. The number of rotatable bonds is 26. The molecule has 4 N–H and O–H groups in total. The van der Waals surface area contributed by atoms with Gasteiger partial charge in [-0.1, -0.05) is 122 Å². The summed E-state index contributed by atoms with van der Waals surface area (Å²) in [6.45, 7) is 4.14. The lowest BCUT2D eigenvalue weighted by Gasteiger charge is -2.23. The first-order valence-corrected chi connectivity index (χ1v) is 15.0. The maximum Gasteiger partial charge on any atom is 0.249 e. The van der Waals surface area contributed by atoms with Crippen LogP contribution >= 0.6 is 0 Å². The number of nitrogens with one attached hydrogen (secondary N) is 1. The third-order valence-electron chi connectivity index (χ3n) is 6.88. The van der Waals surface area contributed by atoms with Crippen LogP contribution in [-0.4, -0.2) is 46.1 Å². The Morgan fingerprint density at radius 3 is 1.63 bits per heavy atom. The highest BCUT2D eigenvalue weighted by atomic mass is 16.3. The molecule has 0 aromatic heterocycles. The molecular weight excluding hydrogens is 438 g/mol. The molecule has 0 heterocycles. The molecule has 35 heavy (non-hydrogen) atoms. The molecule has 5 heteroatoms. The fourth-order valence-electron chi connectivity index (χ4n) is 4.42. The van der Waals surface area contributed by atoms with Crippen LogP contribution < -0.4 is 5.32 Å². The highest BCUT2D eigenvalue weighted by Gasteiger charge is 2.23. The van der Waals surface area contributed by atoms with Gasteiger partial charge in [0.15, 0.2) is 0 Å². The van der Waals surface area contributed by atoms with Crippen molar-refractivity contribution in [2.45, 2.75) is 167 Å². The van der Waals surface area contributed by atoms with Crippen molar-refractivity contribution in [3.8, 4) is 0 Å². The summed E-state index contributed by atoms with van der Waals surface area (Å²) in [5.41, 5.74) is 0. The number of allylic oxidation sites excluding steroid dienone is 2. The maximum absolute atomic E-state index is 12.3. The van der Waals surface area contributed by atoms with Crippen LogP contribution in [0.5, 0.6) is 0 Å². The molecule has 0 spiro atoms. The molecule has 208 valence electrons. The summed E-state index contributed by atoms with van der Waals surface area (Å²) in [6.07, 6.45) is 26.1. The van der Waals surface area contributed by atoms with E-state index >= 15 is 0 Å². The van der Waals surface area contributed by atoms with E-state index in [2.05, 4.69) is 31.3 Å². The molecule has 0 aliphatic heterocycles. The largest absolute Gasteiger partial charge is 0.394 e. The number of aliphatic hydroxyl groups excluding tert-OH is 3. The number of hydrogen-bond donors (Lipinski definition) is 4. The van der Waals surface area contributed by atoms with Crippen molar-refractivity contribution < 1.29 is 20.1 Å². The molecule has 5 nitrogen and oxygen atoms in total. The van der Waals surface area contributed by atoms with Gasteiger partial charge in [-0.05, 0) is 38.5 Å². The van der Waals surface area contributed by atoms with Crippen LogP contribution in [0.4, 0.5) is 0 Å². The van der Waals surface area contributed by atoms with Crippen molar-refractivity contribution in [2.75, 3.05) is 6.61 Å². The SMILES string of the molecule is CCCCC/C=C\CCCCCCC(O)C(=O)NC(CO)C(O)CCCCCCCCCCCC. The van der Waals surface area contributed by atoms with Gasteiger partial charge in [0, 0.05) is 0 Å². The molecule has 0 bridgehead atoms. The van der Waals surface area contributed by atoms with Crippen LogP contribution in [0, 0.1) is 0 Å². The Bertz CT molecular complexity index is 483. The van der Waals surface area contributed by atoms with Crippen LogP contribution in [0.2, 0.25) is 0 Å². The zero-order valence-corrected chi connectivity index (χ0v) is 23.2. The lowest BCUT2D eigenvalue weighted by Crippen LogP contribution is -2.49. The topological polar surface area (TPSA) is 89.8 Å². The quantitative estimate of drug-likeness (QED) is 0.0767. The number of unbranched alkanes of at least 4 members (excludes halogenated alkanes) is 16. The average Bonchev–Trinajstić information content (AvgIpc) is 2.86. The first kappa shape index (κ1) is 34.1. The molecule has 0 aliphatic rings. The van der Waals surface area contributed by atoms with Crippen molar-refractivity contribution in [1.82, 2.24) is 5.32 Å². The summed E-state index contributed by atoms with van der Waals surface area (Å²) in [5, 5.41) is 32.8. The highest BCUT2D eigenvalue weighted by Crippen LogP contribution is 2.14. The predicted octanol–water partition coefficient (Wildman–Crippen LogP) is 6.97. The standard InChI is InChI=1S/C30H59NO4/c1-3-5-7-9-11-13-15-17-19-21-23-25-29(34)30(35)31-27(26-32)28(33)24-22-20-18-16-14-12-10-8-6-4-2/h11,13,27-29,32-34H,3-10,12,14-26H2,1-2H3,(H,31,35)/b13-11-. The Kier molecular flexibility index (Phi) is 25.5. The average molecular weight is 498 g/mol. The second-order valence-corrected chi connectivity index (χ2v) is 10.3. The normalized spacial score (nSPS) is 14.3. The summed E-state index contributed by atoms with van der Waals surface area (Å²) in [5.74, 6) is -0.485. The minimum absolute atomic E-state index is 0.316. The molecule has 0 saturated heterocycles. The van der Waals surface area contributed by atoms with E-state index < -0.39 is 24.2 Å². The van der Waals surface area contributed by atoms with E-state index in [-0.39, 0.29) is 6.61 Å². The van der Waals surface area contributed by atoms with Gasteiger partial charge >= 0.3 is 0 Å². The van der Waals surface area contributed by atoms with Crippen LogP contribution in [0.15, 0.2) is 12.2 Å². The van der Waals surface area contributed by atoms with Crippen molar-refractivity contribution in [1.29, 1.82) is 0 Å². The Balaban J connectivity index is 3.80. The molecule has 0 aliphatic carbocycles. The molecule has 3 atom stereocenters. The third kappa shape index (κ3) is 22.0. The second kappa shape index (κ2) is 26.2. The van der Waals surface area contributed by atoms with E-state index in [0.29, 0.717) is 12.8 Å². The molecule has 0 aromatic rings. The van der Waals surface area contributed by atoms with E-state index in [9.17, 15) is 20.1 Å². The maximum atomic E-state index is 12.3. The van der Waals surface area contributed by atoms with E-state index in [1.165, 1.54) is 77.0 Å². The predicted molar refractivity (Wildman–Crippen MR) is 148 cm³/mol. The van der Waals surface area contributed by atoms with Crippen molar-refractivity contribution in [3.05, 3.63) is 12.2 Å². The number of amides is 1. The summed E-state index contributed by atoms with van der Waals surface area (Å²) in [7, 11) is 0. The van der Waals surface area contributed by atoms with Crippen molar-refractivity contribution in [2.24, 2.45) is 0 Å². The zero-order chi connectivity index (χ0) is 26.0. The summed E-state index contributed by atoms with van der Waals surface area (Å²) < 4.78 is 0. The first-order valence-electron chi connectivity index (χ1n) is 15.0. The minimum Gasteiger partial charge on any atom is -0.394 e. The van der Waals surface area contributed by atoms with Gasteiger partial charge < -0.3 is 20.6 Å². The van der Waals surface area contributed by atoms with Gasteiger partial charge in [-0.15, -0.1) is 0 Å². The van der Waals surface area contributed by atoms with Gasteiger partial charge in [0.2, 0.25) is 5.91 Å². The Labute approximate surface area is 217 Å². The monoisotopic (exact) mass is 497 g/mol. The third-order valence-corrected chi connectivity index (χ3v) is 6.88. The van der Waals surface area contributed by atoms with Crippen LogP contribution in [0.1, 0.15) is 149 Å². The van der Waals surface area contributed by atoms with Crippen LogP contribution in [-0.2, 0) is 4.79 Å². The van der Waals surface area contributed by atoms with E-state index in [0.717, 1.165) is 44.9 Å². The Morgan fingerprint density at radius 1 is 0.657 bits per heavy atom. The van der Waals surface area contributed by atoms with Crippen molar-refractivity contribution >= 4 is 5.91 Å². The van der Waals surface area contributed by atoms with Gasteiger partial charge in [0.05, 0.1) is 18.8 Å². The van der Waals surface area contributed by atoms with Gasteiger partial charge in [0.1, 0.15) is 6.10 Å². The first-order chi connectivity index (χ1) is 17.1. The minimum atomic E-state index is -1.08. The Morgan fingerprint density at radius 2 is 1.09 bits per heavy atom. The lowest BCUT2D eigenvalue weighted by molar-refractivity contribution is -0.131. The number of carbonyl (C=O) groups excluding carboxylic acids is 1. The highest BCUT2D eigenvalue weighted by molar-refractivity contribution is 5.80. The summed E-state index contributed by atoms with van der Waals surface area (Å²) in [6, 6.07) is -0.708. The fraction of sp³-hybridized carbons (Fsp3) is 0.900. The van der Waals surface area contributed by atoms with Crippen LogP contribution in [0.3, 0.4) is 0 Å². The smallest absolute Gasteiger partial charge is 0.249 e.